The Labute approximate surface area is 120 Å². The summed E-state index contributed by atoms with van der Waals surface area (Å²) >= 11 is 0. The van der Waals surface area contributed by atoms with Crippen molar-refractivity contribution in [3.8, 4) is 6.07 Å². The molecule has 100 valence electrons. The smallest absolute Gasteiger partial charge is 0.0743 e. The molecule has 1 fully saturated rings. The molecule has 1 heterocycles. The first-order valence-corrected chi connectivity index (χ1v) is 7.06. The van der Waals surface area contributed by atoms with Crippen molar-refractivity contribution in [2.75, 3.05) is 6.54 Å². The van der Waals surface area contributed by atoms with Gasteiger partial charge in [0, 0.05) is 12.6 Å². The lowest BCUT2D eigenvalue weighted by Gasteiger charge is -2.48. The van der Waals surface area contributed by atoms with Crippen LogP contribution in [0, 0.1) is 17.2 Å². The van der Waals surface area contributed by atoms with Crippen LogP contribution < -0.4 is 0 Å². The van der Waals surface area contributed by atoms with Crippen LogP contribution in [-0.4, -0.2) is 17.5 Å². The van der Waals surface area contributed by atoms with Crippen molar-refractivity contribution >= 4 is 0 Å². The third-order valence-electron chi connectivity index (χ3n) is 4.24. The molecule has 0 saturated carbocycles. The summed E-state index contributed by atoms with van der Waals surface area (Å²) in [7, 11) is 0. The largest absolute Gasteiger partial charge is 0.287 e. The lowest BCUT2D eigenvalue weighted by molar-refractivity contribution is 0.0289. The average Bonchev–Trinajstić information content (AvgIpc) is 2.52. The summed E-state index contributed by atoms with van der Waals surface area (Å²) in [6.07, 6.45) is 0. The molecule has 2 aromatic rings. The molecule has 20 heavy (non-hydrogen) atoms. The fourth-order valence-electron chi connectivity index (χ4n) is 2.97. The molecule has 2 nitrogen and oxygen atoms in total. The van der Waals surface area contributed by atoms with Crippen LogP contribution in [0.3, 0.4) is 0 Å². The summed E-state index contributed by atoms with van der Waals surface area (Å²) in [5.41, 5.74) is 2.59. The number of rotatable bonds is 3. The first-order valence-electron chi connectivity index (χ1n) is 7.06. The lowest BCUT2D eigenvalue weighted by atomic mass is 9.85. The van der Waals surface area contributed by atoms with E-state index in [2.05, 4.69) is 66.4 Å². The standard InChI is InChI=1S/C18H18N2/c1-14-17(12-19)13-20(14)18(15-8-4-2-5-9-15)16-10-6-3-7-11-16/h2-11,14,17-18H,13H2,1H3/t14-,17+/m1/s1. The molecular formula is C18H18N2. The molecule has 1 saturated heterocycles. The summed E-state index contributed by atoms with van der Waals surface area (Å²) in [4.78, 5) is 2.42. The van der Waals surface area contributed by atoms with E-state index in [9.17, 15) is 0 Å². The lowest BCUT2D eigenvalue weighted by Crippen LogP contribution is -2.55. The molecule has 2 heteroatoms. The first-order chi connectivity index (χ1) is 9.81. The van der Waals surface area contributed by atoms with E-state index in [-0.39, 0.29) is 12.0 Å². The average molecular weight is 262 g/mol. The Hall–Kier alpha value is -2.11. The van der Waals surface area contributed by atoms with Gasteiger partial charge < -0.3 is 0 Å². The topological polar surface area (TPSA) is 27.0 Å². The van der Waals surface area contributed by atoms with Crippen molar-refractivity contribution in [2.45, 2.75) is 19.0 Å². The van der Waals surface area contributed by atoms with Gasteiger partial charge in [-0.3, -0.25) is 4.90 Å². The van der Waals surface area contributed by atoms with E-state index in [0.29, 0.717) is 6.04 Å². The van der Waals surface area contributed by atoms with Gasteiger partial charge in [-0.1, -0.05) is 60.7 Å². The maximum atomic E-state index is 9.12. The molecule has 2 atom stereocenters. The summed E-state index contributed by atoms with van der Waals surface area (Å²) in [5, 5.41) is 9.12. The van der Waals surface area contributed by atoms with Crippen molar-refractivity contribution in [1.82, 2.24) is 4.90 Å². The Morgan fingerprint density at radius 3 is 1.90 bits per heavy atom. The molecular weight excluding hydrogens is 244 g/mol. The molecule has 0 aliphatic carbocycles. The van der Waals surface area contributed by atoms with E-state index in [4.69, 9.17) is 5.26 Å². The molecule has 2 aromatic carbocycles. The van der Waals surface area contributed by atoms with Crippen LogP contribution in [0.15, 0.2) is 60.7 Å². The summed E-state index contributed by atoms with van der Waals surface area (Å²) < 4.78 is 0. The molecule has 1 aliphatic rings. The van der Waals surface area contributed by atoms with Crippen molar-refractivity contribution in [1.29, 1.82) is 5.26 Å². The summed E-state index contributed by atoms with van der Waals surface area (Å²) in [6, 6.07) is 24.1. The zero-order chi connectivity index (χ0) is 13.9. The second-order valence-electron chi connectivity index (χ2n) is 5.40. The highest BCUT2D eigenvalue weighted by Gasteiger charge is 2.40. The van der Waals surface area contributed by atoms with Gasteiger partial charge in [-0.2, -0.15) is 5.26 Å². The van der Waals surface area contributed by atoms with Crippen molar-refractivity contribution in [3.05, 3.63) is 71.8 Å². The van der Waals surface area contributed by atoms with E-state index < -0.39 is 0 Å². The number of hydrogen-bond acceptors (Lipinski definition) is 2. The van der Waals surface area contributed by atoms with Crippen LogP contribution in [0.25, 0.3) is 0 Å². The third-order valence-corrected chi connectivity index (χ3v) is 4.24. The van der Waals surface area contributed by atoms with E-state index in [1.807, 2.05) is 12.1 Å². The van der Waals surface area contributed by atoms with Crippen molar-refractivity contribution < 1.29 is 0 Å². The Kier molecular flexibility index (Phi) is 3.54. The molecule has 1 aliphatic heterocycles. The minimum absolute atomic E-state index is 0.157. The quantitative estimate of drug-likeness (QED) is 0.844. The summed E-state index contributed by atoms with van der Waals surface area (Å²) in [6.45, 7) is 3.00. The highest BCUT2D eigenvalue weighted by Crippen LogP contribution is 2.37. The molecule has 0 unspecified atom stereocenters. The maximum absolute atomic E-state index is 9.12. The zero-order valence-corrected chi connectivity index (χ0v) is 11.6. The Bertz CT molecular complexity index is 561. The predicted octanol–water partition coefficient (Wildman–Crippen LogP) is 3.62. The van der Waals surface area contributed by atoms with E-state index in [1.165, 1.54) is 11.1 Å². The van der Waals surface area contributed by atoms with Gasteiger partial charge in [0.15, 0.2) is 0 Å². The van der Waals surface area contributed by atoms with E-state index >= 15 is 0 Å². The molecule has 0 spiro atoms. The number of hydrogen-bond donors (Lipinski definition) is 0. The Balaban J connectivity index is 1.96. The van der Waals surface area contributed by atoms with Crippen LogP contribution >= 0.6 is 0 Å². The van der Waals surface area contributed by atoms with Gasteiger partial charge in [0.2, 0.25) is 0 Å². The fraction of sp³-hybridized carbons (Fsp3) is 0.278. The van der Waals surface area contributed by atoms with E-state index in [1.54, 1.807) is 0 Å². The fourth-order valence-corrected chi connectivity index (χ4v) is 2.97. The van der Waals surface area contributed by atoms with Gasteiger partial charge in [0.1, 0.15) is 0 Å². The summed E-state index contributed by atoms with van der Waals surface area (Å²) in [5.74, 6) is 0.157. The first kappa shape index (κ1) is 12.9. The minimum Gasteiger partial charge on any atom is -0.287 e. The number of benzene rings is 2. The van der Waals surface area contributed by atoms with Crippen LogP contribution in [0.1, 0.15) is 24.1 Å². The number of nitriles is 1. The maximum Gasteiger partial charge on any atom is 0.0743 e. The molecule has 0 radical (unpaired) electrons. The van der Waals surface area contributed by atoms with Crippen LogP contribution in [0.2, 0.25) is 0 Å². The van der Waals surface area contributed by atoms with Gasteiger partial charge in [-0.25, -0.2) is 0 Å². The van der Waals surface area contributed by atoms with Crippen LogP contribution in [-0.2, 0) is 0 Å². The molecule has 3 rings (SSSR count). The van der Waals surface area contributed by atoms with Crippen LogP contribution in [0.5, 0.6) is 0 Å². The molecule has 0 aromatic heterocycles. The van der Waals surface area contributed by atoms with Gasteiger partial charge in [-0.05, 0) is 18.1 Å². The number of nitrogens with zero attached hydrogens (tertiary/aromatic N) is 2. The van der Waals surface area contributed by atoms with Crippen LogP contribution in [0.4, 0.5) is 0 Å². The second-order valence-corrected chi connectivity index (χ2v) is 5.40. The zero-order valence-electron chi connectivity index (χ0n) is 11.6. The van der Waals surface area contributed by atoms with Gasteiger partial charge in [0.05, 0.1) is 18.0 Å². The number of likely N-dealkylation sites (tertiary alicyclic amines) is 1. The van der Waals surface area contributed by atoms with Crippen molar-refractivity contribution in [2.24, 2.45) is 5.92 Å². The van der Waals surface area contributed by atoms with Gasteiger partial charge >= 0.3 is 0 Å². The molecule has 0 bridgehead atoms. The van der Waals surface area contributed by atoms with Gasteiger partial charge in [0.25, 0.3) is 0 Å². The molecule has 0 N–H and O–H groups in total. The van der Waals surface area contributed by atoms with E-state index in [0.717, 1.165) is 6.54 Å². The molecule has 0 amide bonds. The Morgan fingerprint density at radius 2 is 1.50 bits per heavy atom. The van der Waals surface area contributed by atoms with Crippen molar-refractivity contribution in [3.63, 3.8) is 0 Å². The highest BCUT2D eigenvalue weighted by molar-refractivity contribution is 5.33. The minimum atomic E-state index is 0.157. The monoisotopic (exact) mass is 262 g/mol. The Morgan fingerprint density at radius 1 is 1.00 bits per heavy atom. The SMILES string of the molecule is C[C@@H]1[C@@H](C#N)CN1C(c1ccccc1)c1ccccc1. The second kappa shape index (κ2) is 5.48. The predicted molar refractivity (Wildman–Crippen MR) is 80.0 cm³/mol. The van der Waals surface area contributed by atoms with Gasteiger partial charge in [-0.15, -0.1) is 0 Å². The third kappa shape index (κ3) is 2.21. The highest BCUT2D eigenvalue weighted by atomic mass is 15.2. The normalized spacial score (nSPS) is 22.2.